The number of carbonyl (C=O) groups excluding carboxylic acids is 1. The normalized spacial score (nSPS) is 12.4. The van der Waals surface area contributed by atoms with Crippen LogP contribution in [0, 0.1) is 5.82 Å². The maximum Gasteiger partial charge on any atom is 0.287 e. The van der Waals surface area contributed by atoms with Crippen LogP contribution in [0.2, 0.25) is 0 Å². The van der Waals surface area contributed by atoms with E-state index in [1.165, 1.54) is 12.1 Å². The van der Waals surface area contributed by atoms with Gasteiger partial charge in [0.2, 0.25) is 0 Å². The molecule has 1 atom stereocenters. The van der Waals surface area contributed by atoms with E-state index >= 15 is 0 Å². The Labute approximate surface area is 131 Å². The van der Waals surface area contributed by atoms with Crippen LogP contribution in [0.3, 0.4) is 0 Å². The van der Waals surface area contributed by atoms with E-state index in [4.69, 9.17) is 4.42 Å². The molecule has 0 aliphatic carbocycles. The number of nitrogens with zero attached hydrogens (tertiary/aromatic N) is 1. The molecule has 0 radical (unpaired) electrons. The second kappa shape index (κ2) is 6.87. The Morgan fingerprint density at radius 3 is 2.48 bits per heavy atom. The van der Waals surface area contributed by atoms with E-state index in [0.717, 1.165) is 5.56 Å². The highest BCUT2D eigenvalue weighted by atomic mass is 79.9. The highest BCUT2D eigenvalue weighted by Gasteiger charge is 2.17. The molecule has 21 heavy (non-hydrogen) atoms. The summed E-state index contributed by atoms with van der Waals surface area (Å²) in [4.78, 5) is 13.9. The van der Waals surface area contributed by atoms with Gasteiger partial charge in [0, 0.05) is 6.54 Å². The SMILES string of the molecule is CN(C)[C@H](CNC(=O)c1ccc(Br)o1)c1ccc(F)cc1. The first-order chi connectivity index (χ1) is 9.97. The zero-order chi connectivity index (χ0) is 15.4. The molecule has 6 heteroatoms. The van der Waals surface area contributed by atoms with Crippen LogP contribution in [0.5, 0.6) is 0 Å². The summed E-state index contributed by atoms with van der Waals surface area (Å²) in [6.45, 7) is 0.399. The first kappa shape index (κ1) is 15.7. The first-order valence-electron chi connectivity index (χ1n) is 6.43. The minimum atomic E-state index is -0.283. The van der Waals surface area contributed by atoms with Crippen molar-refractivity contribution >= 4 is 21.8 Å². The number of rotatable bonds is 5. The van der Waals surface area contributed by atoms with Crippen LogP contribution in [0.4, 0.5) is 4.39 Å². The number of furan rings is 1. The summed E-state index contributed by atoms with van der Waals surface area (Å²) < 4.78 is 18.7. The molecule has 1 aromatic heterocycles. The molecule has 112 valence electrons. The van der Waals surface area contributed by atoms with E-state index in [2.05, 4.69) is 21.2 Å². The van der Waals surface area contributed by atoms with Gasteiger partial charge in [-0.3, -0.25) is 4.79 Å². The molecule has 1 heterocycles. The van der Waals surface area contributed by atoms with Gasteiger partial charge in [0.25, 0.3) is 5.91 Å². The number of likely N-dealkylation sites (N-methyl/N-ethyl adjacent to an activating group) is 1. The van der Waals surface area contributed by atoms with Gasteiger partial charge in [-0.25, -0.2) is 4.39 Å². The van der Waals surface area contributed by atoms with Crippen molar-refractivity contribution in [3.05, 3.63) is 58.2 Å². The van der Waals surface area contributed by atoms with E-state index in [0.29, 0.717) is 11.2 Å². The predicted molar refractivity (Wildman–Crippen MR) is 81.6 cm³/mol. The lowest BCUT2D eigenvalue weighted by Gasteiger charge is -2.25. The zero-order valence-corrected chi connectivity index (χ0v) is 13.4. The zero-order valence-electron chi connectivity index (χ0n) is 11.8. The topological polar surface area (TPSA) is 45.5 Å². The molecule has 0 aliphatic rings. The van der Waals surface area contributed by atoms with E-state index in [1.807, 2.05) is 19.0 Å². The molecule has 0 unspecified atom stereocenters. The minimum Gasteiger partial charge on any atom is -0.444 e. The Bertz CT molecular complexity index is 610. The fraction of sp³-hybridized carbons (Fsp3) is 0.267. The summed E-state index contributed by atoms with van der Waals surface area (Å²) in [5, 5.41) is 2.82. The second-order valence-electron chi connectivity index (χ2n) is 4.84. The largest absolute Gasteiger partial charge is 0.444 e. The molecule has 2 rings (SSSR count). The average molecular weight is 355 g/mol. The molecule has 0 spiro atoms. The maximum atomic E-state index is 13.0. The predicted octanol–water partition coefficient (Wildman–Crippen LogP) is 3.21. The molecule has 0 aliphatic heterocycles. The van der Waals surface area contributed by atoms with Crippen LogP contribution in [0.15, 0.2) is 45.5 Å². The molecule has 0 fully saturated rings. The Morgan fingerprint density at radius 2 is 1.95 bits per heavy atom. The molecule has 1 amide bonds. The van der Waals surface area contributed by atoms with Crippen molar-refractivity contribution in [1.82, 2.24) is 10.2 Å². The van der Waals surface area contributed by atoms with Gasteiger partial charge < -0.3 is 14.6 Å². The van der Waals surface area contributed by atoms with Crippen molar-refractivity contribution in [3.8, 4) is 0 Å². The van der Waals surface area contributed by atoms with Crippen LogP contribution in [-0.4, -0.2) is 31.4 Å². The Hall–Kier alpha value is -1.66. The molecule has 0 saturated heterocycles. The standard InChI is InChI=1S/C15H16BrFN2O2/c1-19(2)12(10-3-5-11(17)6-4-10)9-18-15(20)13-7-8-14(16)21-13/h3-8,12H,9H2,1-2H3,(H,18,20)/t12-/m1/s1. The number of benzene rings is 1. The van der Waals surface area contributed by atoms with Crippen molar-refractivity contribution in [2.24, 2.45) is 0 Å². The summed E-state index contributed by atoms with van der Waals surface area (Å²) in [7, 11) is 3.81. The smallest absolute Gasteiger partial charge is 0.287 e. The molecular weight excluding hydrogens is 339 g/mol. The van der Waals surface area contributed by atoms with Crippen molar-refractivity contribution in [1.29, 1.82) is 0 Å². The third-order valence-corrected chi connectivity index (χ3v) is 3.56. The monoisotopic (exact) mass is 354 g/mol. The molecular formula is C15H16BrFN2O2. The number of hydrogen-bond acceptors (Lipinski definition) is 3. The van der Waals surface area contributed by atoms with Crippen LogP contribution in [0.1, 0.15) is 22.2 Å². The lowest BCUT2D eigenvalue weighted by Crippen LogP contribution is -2.34. The Kier molecular flexibility index (Phi) is 5.14. The quantitative estimate of drug-likeness (QED) is 0.896. The number of nitrogens with one attached hydrogen (secondary N) is 1. The first-order valence-corrected chi connectivity index (χ1v) is 7.22. The lowest BCUT2D eigenvalue weighted by atomic mass is 10.1. The highest BCUT2D eigenvalue weighted by Crippen LogP contribution is 2.18. The van der Waals surface area contributed by atoms with E-state index in [9.17, 15) is 9.18 Å². The number of amides is 1. The minimum absolute atomic E-state index is 0.0482. The van der Waals surface area contributed by atoms with Crippen molar-refractivity contribution in [3.63, 3.8) is 0 Å². The molecule has 4 nitrogen and oxygen atoms in total. The van der Waals surface area contributed by atoms with Crippen molar-refractivity contribution < 1.29 is 13.6 Å². The lowest BCUT2D eigenvalue weighted by molar-refractivity contribution is 0.0913. The molecule has 0 bridgehead atoms. The van der Waals surface area contributed by atoms with Crippen LogP contribution in [0.25, 0.3) is 0 Å². The van der Waals surface area contributed by atoms with Crippen molar-refractivity contribution in [2.75, 3.05) is 20.6 Å². The van der Waals surface area contributed by atoms with Gasteiger partial charge in [-0.15, -0.1) is 0 Å². The summed E-state index contributed by atoms with van der Waals surface area (Å²) in [5.74, 6) is -0.311. The van der Waals surface area contributed by atoms with E-state index < -0.39 is 0 Å². The fourth-order valence-corrected chi connectivity index (χ4v) is 2.30. The molecule has 0 saturated carbocycles. The van der Waals surface area contributed by atoms with Gasteiger partial charge in [0.05, 0.1) is 6.04 Å². The van der Waals surface area contributed by atoms with Crippen LogP contribution < -0.4 is 5.32 Å². The second-order valence-corrected chi connectivity index (χ2v) is 5.63. The van der Waals surface area contributed by atoms with E-state index in [-0.39, 0.29) is 23.5 Å². The molecule has 1 N–H and O–H groups in total. The van der Waals surface area contributed by atoms with Gasteiger partial charge in [-0.1, -0.05) is 12.1 Å². The summed E-state index contributed by atoms with van der Waals surface area (Å²) in [5.41, 5.74) is 0.933. The van der Waals surface area contributed by atoms with Crippen LogP contribution in [-0.2, 0) is 0 Å². The summed E-state index contributed by atoms with van der Waals surface area (Å²) in [6, 6.07) is 9.48. The molecule has 2 aromatic rings. The summed E-state index contributed by atoms with van der Waals surface area (Å²) >= 11 is 3.16. The number of halogens is 2. The Morgan fingerprint density at radius 1 is 1.29 bits per heavy atom. The fourth-order valence-electron chi connectivity index (χ4n) is 2.00. The van der Waals surface area contributed by atoms with Gasteiger partial charge in [-0.2, -0.15) is 0 Å². The highest BCUT2D eigenvalue weighted by molar-refractivity contribution is 9.10. The molecule has 1 aromatic carbocycles. The van der Waals surface area contributed by atoms with Gasteiger partial charge in [0.15, 0.2) is 10.4 Å². The third kappa shape index (κ3) is 4.15. The van der Waals surface area contributed by atoms with Gasteiger partial charge in [0.1, 0.15) is 5.82 Å². The van der Waals surface area contributed by atoms with Crippen LogP contribution >= 0.6 is 15.9 Å². The van der Waals surface area contributed by atoms with E-state index in [1.54, 1.807) is 24.3 Å². The van der Waals surface area contributed by atoms with Gasteiger partial charge >= 0.3 is 0 Å². The number of hydrogen-bond donors (Lipinski definition) is 1. The number of carbonyl (C=O) groups is 1. The Balaban J connectivity index is 2.03. The van der Waals surface area contributed by atoms with Gasteiger partial charge in [-0.05, 0) is 59.9 Å². The third-order valence-electron chi connectivity index (χ3n) is 3.13. The average Bonchev–Trinajstić information content (AvgIpc) is 2.87. The maximum absolute atomic E-state index is 13.0. The van der Waals surface area contributed by atoms with Crippen molar-refractivity contribution in [2.45, 2.75) is 6.04 Å². The summed E-state index contributed by atoms with van der Waals surface area (Å²) in [6.07, 6.45) is 0.